The third-order valence-corrected chi connectivity index (χ3v) is 4.01. The second kappa shape index (κ2) is 8.82. The lowest BCUT2D eigenvalue weighted by Crippen LogP contribution is -2.50. The van der Waals surface area contributed by atoms with E-state index in [-0.39, 0.29) is 25.0 Å². The SMILES string of the molecule is COCC(C)(CC(=O)O)NC(=O)c1ccc(OC2CCOCC2)cc1. The van der Waals surface area contributed by atoms with Crippen LogP contribution in [-0.2, 0) is 14.3 Å². The average molecular weight is 351 g/mol. The van der Waals surface area contributed by atoms with E-state index in [0.29, 0.717) is 24.5 Å². The van der Waals surface area contributed by atoms with Crippen LogP contribution >= 0.6 is 0 Å². The summed E-state index contributed by atoms with van der Waals surface area (Å²) in [5.74, 6) is -0.646. The van der Waals surface area contributed by atoms with Gasteiger partial charge >= 0.3 is 5.97 Å². The molecule has 0 spiro atoms. The summed E-state index contributed by atoms with van der Waals surface area (Å²) in [6, 6.07) is 6.82. The van der Waals surface area contributed by atoms with Gasteiger partial charge in [0.2, 0.25) is 0 Å². The maximum Gasteiger partial charge on any atom is 0.305 e. The fourth-order valence-corrected chi connectivity index (χ4v) is 2.80. The molecule has 2 rings (SSSR count). The Labute approximate surface area is 147 Å². The number of carbonyl (C=O) groups excluding carboxylic acids is 1. The van der Waals surface area contributed by atoms with Crippen molar-refractivity contribution in [1.82, 2.24) is 5.32 Å². The van der Waals surface area contributed by atoms with Gasteiger partial charge in [-0.1, -0.05) is 0 Å². The third-order valence-electron chi connectivity index (χ3n) is 4.01. The molecule has 1 heterocycles. The van der Waals surface area contributed by atoms with Crippen molar-refractivity contribution in [3.8, 4) is 5.75 Å². The number of benzene rings is 1. The fourth-order valence-electron chi connectivity index (χ4n) is 2.80. The molecule has 1 amide bonds. The van der Waals surface area contributed by atoms with Gasteiger partial charge in [0.15, 0.2) is 0 Å². The zero-order valence-corrected chi connectivity index (χ0v) is 14.6. The number of methoxy groups -OCH3 is 1. The highest BCUT2D eigenvalue weighted by atomic mass is 16.5. The minimum Gasteiger partial charge on any atom is -0.490 e. The number of hydrogen-bond donors (Lipinski definition) is 2. The Hall–Kier alpha value is -2.12. The lowest BCUT2D eigenvalue weighted by molar-refractivity contribution is -0.139. The lowest BCUT2D eigenvalue weighted by Gasteiger charge is -2.28. The summed E-state index contributed by atoms with van der Waals surface area (Å²) < 4.78 is 16.2. The molecular formula is C18H25NO6. The van der Waals surface area contributed by atoms with Crippen LogP contribution in [0.2, 0.25) is 0 Å². The number of rotatable bonds is 8. The molecule has 0 aliphatic carbocycles. The van der Waals surface area contributed by atoms with Gasteiger partial charge in [-0.25, -0.2) is 0 Å². The second-order valence-electron chi connectivity index (χ2n) is 6.47. The number of carboxylic acids is 1. The van der Waals surface area contributed by atoms with Gasteiger partial charge in [0.05, 0.1) is 31.8 Å². The van der Waals surface area contributed by atoms with Gasteiger partial charge in [-0.05, 0) is 31.2 Å². The molecule has 1 fully saturated rings. The molecule has 1 aromatic carbocycles. The molecule has 1 unspecified atom stereocenters. The minimum absolute atomic E-state index is 0.107. The molecule has 7 heteroatoms. The molecule has 1 saturated heterocycles. The van der Waals surface area contributed by atoms with Gasteiger partial charge in [-0.3, -0.25) is 9.59 Å². The van der Waals surface area contributed by atoms with E-state index in [1.807, 2.05) is 0 Å². The molecule has 7 nitrogen and oxygen atoms in total. The molecule has 1 atom stereocenters. The lowest BCUT2D eigenvalue weighted by atomic mass is 9.98. The predicted octanol–water partition coefficient (Wildman–Crippen LogP) is 1.85. The Balaban J connectivity index is 1.97. The van der Waals surface area contributed by atoms with Gasteiger partial charge < -0.3 is 24.6 Å². The topological polar surface area (TPSA) is 94.1 Å². The van der Waals surface area contributed by atoms with Crippen LogP contribution in [0.25, 0.3) is 0 Å². The van der Waals surface area contributed by atoms with E-state index in [1.54, 1.807) is 31.2 Å². The van der Waals surface area contributed by atoms with E-state index in [9.17, 15) is 9.59 Å². The molecule has 138 valence electrons. The average Bonchev–Trinajstić information content (AvgIpc) is 2.55. The van der Waals surface area contributed by atoms with Crippen LogP contribution in [0.5, 0.6) is 5.75 Å². The van der Waals surface area contributed by atoms with E-state index in [4.69, 9.17) is 19.3 Å². The zero-order chi connectivity index (χ0) is 18.3. The summed E-state index contributed by atoms with van der Waals surface area (Å²) in [6.07, 6.45) is 1.62. The second-order valence-corrected chi connectivity index (χ2v) is 6.47. The quantitative estimate of drug-likeness (QED) is 0.742. The number of ether oxygens (including phenoxy) is 3. The highest BCUT2D eigenvalue weighted by Gasteiger charge is 2.30. The highest BCUT2D eigenvalue weighted by Crippen LogP contribution is 2.19. The molecular weight excluding hydrogens is 326 g/mol. The van der Waals surface area contributed by atoms with E-state index in [2.05, 4.69) is 5.32 Å². The standard InChI is InChI=1S/C18H25NO6/c1-18(12-23-2,11-16(20)21)19-17(22)13-3-5-14(6-4-13)25-15-7-9-24-10-8-15/h3-6,15H,7-12H2,1-2H3,(H,19,22)(H,20,21). The number of amides is 1. The highest BCUT2D eigenvalue weighted by molar-refractivity contribution is 5.95. The van der Waals surface area contributed by atoms with Gasteiger partial charge in [0.1, 0.15) is 11.9 Å². The molecule has 1 aliphatic heterocycles. The number of carboxylic acid groups (broad SMARTS) is 1. The summed E-state index contributed by atoms with van der Waals surface area (Å²) in [5, 5.41) is 11.8. The summed E-state index contributed by atoms with van der Waals surface area (Å²) in [7, 11) is 1.47. The van der Waals surface area contributed by atoms with Gasteiger partial charge in [0, 0.05) is 25.5 Å². The van der Waals surface area contributed by atoms with E-state index in [0.717, 1.165) is 12.8 Å². The largest absolute Gasteiger partial charge is 0.490 e. The van der Waals surface area contributed by atoms with Gasteiger partial charge in [-0.2, -0.15) is 0 Å². The van der Waals surface area contributed by atoms with Crippen molar-refractivity contribution in [2.24, 2.45) is 0 Å². The van der Waals surface area contributed by atoms with Crippen molar-refractivity contribution in [2.45, 2.75) is 37.8 Å². The smallest absolute Gasteiger partial charge is 0.305 e. The Kier molecular flexibility index (Phi) is 6.78. The first-order valence-corrected chi connectivity index (χ1v) is 8.29. The Morgan fingerprint density at radius 3 is 2.48 bits per heavy atom. The number of nitrogens with one attached hydrogen (secondary N) is 1. The summed E-state index contributed by atoms with van der Waals surface area (Å²) in [6.45, 7) is 3.15. The molecule has 1 aliphatic rings. The summed E-state index contributed by atoms with van der Waals surface area (Å²) in [4.78, 5) is 23.4. The summed E-state index contributed by atoms with van der Waals surface area (Å²) >= 11 is 0. The van der Waals surface area contributed by atoms with Gasteiger partial charge in [-0.15, -0.1) is 0 Å². The van der Waals surface area contributed by atoms with Crippen molar-refractivity contribution < 1.29 is 28.9 Å². The van der Waals surface area contributed by atoms with Crippen molar-refractivity contribution in [2.75, 3.05) is 26.9 Å². The summed E-state index contributed by atoms with van der Waals surface area (Å²) in [5.41, 5.74) is -0.540. The van der Waals surface area contributed by atoms with Crippen LogP contribution in [0.4, 0.5) is 0 Å². The van der Waals surface area contributed by atoms with Crippen LogP contribution in [-0.4, -0.2) is 55.6 Å². The monoisotopic (exact) mass is 351 g/mol. The molecule has 2 N–H and O–H groups in total. The molecule has 0 radical (unpaired) electrons. The third kappa shape index (κ3) is 6.03. The van der Waals surface area contributed by atoms with Crippen LogP contribution in [0.3, 0.4) is 0 Å². The van der Waals surface area contributed by atoms with Gasteiger partial charge in [0.25, 0.3) is 5.91 Å². The minimum atomic E-state index is -1.000. The first kappa shape index (κ1) is 19.2. The van der Waals surface area contributed by atoms with Crippen LogP contribution in [0.15, 0.2) is 24.3 Å². The molecule has 0 saturated carbocycles. The van der Waals surface area contributed by atoms with E-state index in [1.165, 1.54) is 7.11 Å². The Morgan fingerprint density at radius 1 is 1.28 bits per heavy atom. The van der Waals surface area contributed by atoms with E-state index >= 15 is 0 Å². The number of aliphatic carboxylic acids is 1. The molecule has 1 aromatic rings. The maximum absolute atomic E-state index is 12.4. The molecule has 0 bridgehead atoms. The van der Waals surface area contributed by atoms with Crippen molar-refractivity contribution in [3.05, 3.63) is 29.8 Å². The maximum atomic E-state index is 12.4. The fraction of sp³-hybridized carbons (Fsp3) is 0.556. The number of hydrogen-bond acceptors (Lipinski definition) is 5. The van der Waals surface area contributed by atoms with Crippen LogP contribution < -0.4 is 10.1 Å². The molecule has 25 heavy (non-hydrogen) atoms. The van der Waals surface area contributed by atoms with Crippen LogP contribution in [0.1, 0.15) is 36.5 Å². The van der Waals surface area contributed by atoms with Crippen molar-refractivity contribution in [1.29, 1.82) is 0 Å². The zero-order valence-electron chi connectivity index (χ0n) is 14.6. The Bertz CT molecular complexity index is 582. The van der Waals surface area contributed by atoms with E-state index < -0.39 is 11.5 Å². The first-order valence-electron chi connectivity index (χ1n) is 8.29. The Morgan fingerprint density at radius 2 is 1.92 bits per heavy atom. The normalized spacial score (nSPS) is 17.5. The van der Waals surface area contributed by atoms with Crippen LogP contribution in [0, 0.1) is 0 Å². The van der Waals surface area contributed by atoms with Crippen molar-refractivity contribution in [3.63, 3.8) is 0 Å². The molecule has 0 aromatic heterocycles. The first-order chi connectivity index (χ1) is 11.9. The predicted molar refractivity (Wildman–Crippen MR) is 90.9 cm³/mol. The van der Waals surface area contributed by atoms with Crippen molar-refractivity contribution >= 4 is 11.9 Å². The number of carbonyl (C=O) groups is 2.